The molecular formula is C10H9F2NO4. The molecule has 0 aliphatic heterocycles. The van der Waals surface area contributed by atoms with Gasteiger partial charge in [0.05, 0.1) is 17.6 Å². The summed E-state index contributed by atoms with van der Waals surface area (Å²) < 4.78 is 31.0. The molecule has 1 aromatic rings. The molecule has 92 valence electrons. The van der Waals surface area contributed by atoms with Gasteiger partial charge in [0.15, 0.2) is 0 Å². The van der Waals surface area contributed by atoms with Gasteiger partial charge in [-0.25, -0.2) is 9.18 Å². The number of hydrogen-bond acceptors (Lipinski definition) is 4. The number of nitro benzene ring substituents is 1. The SMILES string of the molecule is CCCOC(=O)c1cc(F)cc([N+](=O)[O-])c1F. The van der Waals surface area contributed by atoms with Gasteiger partial charge >= 0.3 is 11.7 Å². The van der Waals surface area contributed by atoms with Crippen molar-refractivity contribution in [1.82, 2.24) is 0 Å². The van der Waals surface area contributed by atoms with Crippen molar-refractivity contribution in [3.05, 3.63) is 39.4 Å². The predicted octanol–water partition coefficient (Wildman–Crippen LogP) is 2.44. The Balaban J connectivity index is 3.15. The lowest BCUT2D eigenvalue weighted by molar-refractivity contribution is -0.387. The molecule has 0 aliphatic carbocycles. The molecule has 17 heavy (non-hydrogen) atoms. The van der Waals surface area contributed by atoms with E-state index in [2.05, 4.69) is 4.74 Å². The summed E-state index contributed by atoms with van der Waals surface area (Å²) in [6.07, 6.45) is 0.505. The van der Waals surface area contributed by atoms with Crippen LogP contribution < -0.4 is 0 Å². The van der Waals surface area contributed by atoms with Gasteiger partial charge in [-0.2, -0.15) is 4.39 Å². The Bertz CT molecular complexity index is 462. The highest BCUT2D eigenvalue weighted by Crippen LogP contribution is 2.23. The zero-order valence-corrected chi connectivity index (χ0v) is 8.91. The third kappa shape index (κ3) is 2.96. The molecule has 0 unspecified atom stereocenters. The quantitative estimate of drug-likeness (QED) is 0.464. The average Bonchev–Trinajstić information content (AvgIpc) is 2.28. The first kappa shape index (κ1) is 13.0. The lowest BCUT2D eigenvalue weighted by Crippen LogP contribution is -2.10. The number of nitro groups is 1. The van der Waals surface area contributed by atoms with Crippen LogP contribution in [0.4, 0.5) is 14.5 Å². The number of carbonyl (C=O) groups is 1. The van der Waals surface area contributed by atoms with Gasteiger partial charge in [0.1, 0.15) is 11.4 Å². The number of nitrogens with zero attached hydrogens (tertiary/aromatic N) is 1. The Morgan fingerprint density at radius 2 is 2.12 bits per heavy atom. The monoisotopic (exact) mass is 245 g/mol. The zero-order chi connectivity index (χ0) is 13.0. The van der Waals surface area contributed by atoms with E-state index in [1.54, 1.807) is 6.92 Å². The lowest BCUT2D eigenvalue weighted by Gasteiger charge is -2.04. The predicted molar refractivity (Wildman–Crippen MR) is 53.6 cm³/mol. The molecule has 0 heterocycles. The van der Waals surface area contributed by atoms with Crippen molar-refractivity contribution in [1.29, 1.82) is 0 Å². The minimum Gasteiger partial charge on any atom is -0.462 e. The summed E-state index contributed by atoms with van der Waals surface area (Å²) in [4.78, 5) is 20.6. The molecule has 5 nitrogen and oxygen atoms in total. The summed E-state index contributed by atoms with van der Waals surface area (Å²) in [6.45, 7) is 1.75. The van der Waals surface area contributed by atoms with Crippen molar-refractivity contribution in [2.24, 2.45) is 0 Å². The molecule has 0 saturated heterocycles. The fourth-order valence-electron chi connectivity index (χ4n) is 1.13. The van der Waals surface area contributed by atoms with Crippen molar-refractivity contribution in [2.45, 2.75) is 13.3 Å². The van der Waals surface area contributed by atoms with Gasteiger partial charge in [0, 0.05) is 0 Å². The molecule has 0 bridgehead atoms. The van der Waals surface area contributed by atoms with Crippen molar-refractivity contribution < 1.29 is 23.2 Å². The molecule has 0 saturated carbocycles. The number of rotatable bonds is 4. The maximum Gasteiger partial charge on any atom is 0.341 e. The van der Waals surface area contributed by atoms with Crippen LogP contribution in [0.2, 0.25) is 0 Å². The largest absolute Gasteiger partial charge is 0.462 e. The molecule has 0 N–H and O–H groups in total. The second-order valence-electron chi connectivity index (χ2n) is 3.18. The van der Waals surface area contributed by atoms with Crippen molar-refractivity contribution in [2.75, 3.05) is 6.61 Å². The summed E-state index contributed by atoms with van der Waals surface area (Å²) in [5, 5.41) is 10.4. The van der Waals surface area contributed by atoms with Crippen molar-refractivity contribution in [3.8, 4) is 0 Å². The van der Waals surface area contributed by atoms with Crippen LogP contribution in [-0.2, 0) is 4.74 Å². The highest BCUT2D eigenvalue weighted by atomic mass is 19.1. The van der Waals surface area contributed by atoms with E-state index in [4.69, 9.17) is 0 Å². The van der Waals surface area contributed by atoms with Gasteiger partial charge in [-0.3, -0.25) is 10.1 Å². The molecule has 7 heteroatoms. The van der Waals surface area contributed by atoms with Gasteiger partial charge in [0.25, 0.3) is 0 Å². The average molecular weight is 245 g/mol. The van der Waals surface area contributed by atoms with Crippen molar-refractivity contribution in [3.63, 3.8) is 0 Å². The van der Waals surface area contributed by atoms with Gasteiger partial charge in [-0.05, 0) is 12.5 Å². The van der Waals surface area contributed by atoms with E-state index in [-0.39, 0.29) is 6.61 Å². The molecule has 0 fully saturated rings. The fraction of sp³-hybridized carbons (Fsp3) is 0.300. The van der Waals surface area contributed by atoms with Crippen LogP contribution >= 0.6 is 0 Å². The van der Waals surface area contributed by atoms with Gasteiger partial charge in [0.2, 0.25) is 5.82 Å². The highest BCUT2D eigenvalue weighted by molar-refractivity contribution is 5.90. The van der Waals surface area contributed by atoms with Gasteiger partial charge < -0.3 is 4.74 Å². The third-order valence-corrected chi connectivity index (χ3v) is 1.87. The number of hydrogen-bond donors (Lipinski definition) is 0. The van der Waals surface area contributed by atoms with E-state index in [0.29, 0.717) is 18.6 Å². The molecular weight excluding hydrogens is 236 g/mol. The first-order valence-corrected chi connectivity index (χ1v) is 4.78. The molecule has 0 atom stereocenters. The maximum atomic E-state index is 13.5. The number of benzene rings is 1. The molecule has 0 amide bonds. The van der Waals surface area contributed by atoms with Crippen molar-refractivity contribution >= 4 is 11.7 Å². The second kappa shape index (κ2) is 5.33. The maximum absolute atomic E-state index is 13.5. The van der Waals surface area contributed by atoms with Crippen LogP contribution in [0.25, 0.3) is 0 Å². The normalized spacial score (nSPS) is 10.1. The summed E-state index contributed by atoms with van der Waals surface area (Å²) in [5.74, 6) is -3.58. The molecule has 0 aliphatic rings. The minimum atomic E-state index is -1.39. The molecule has 1 aromatic carbocycles. The number of ether oxygens (including phenoxy) is 1. The Morgan fingerprint density at radius 1 is 1.47 bits per heavy atom. The minimum absolute atomic E-state index is 0.0303. The van der Waals surface area contributed by atoms with Crippen LogP contribution in [-0.4, -0.2) is 17.5 Å². The van der Waals surface area contributed by atoms with E-state index in [0.717, 1.165) is 0 Å². The standard InChI is InChI=1S/C10H9F2NO4/c1-2-3-17-10(14)7-4-6(11)5-8(9(7)12)13(15)16/h4-5H,2-3H2,1H3. The lowest BCUT2D eigenvalue weighted by atomic mass is 10.2. The van der Waals surface area contributed by atoms with Gasteiger partial charge in [-0.1, -0.05) is 6.92 Å². The topological polar surface area (TPSA) is 69.4 Å². The Morgan fingerprint density at radius 3 is 2.65 bits per heavy atom. The summed E-state index contributed by atoms with van der Waals surface area (Å²) >= 11 is 0. The third-order valence-electron chi connectivity index (χ3n) is 1.87. The zero-order valence-electron chi connectivity index (χ0n) is 8.91. The fourth-order valence-corrected chi connectivity index (χ4v) is 1.13. The van der Waals surface area contributed by atoms with Crippen LogP contribution in [0.5, 0.6) is 0 Å². The van der Waals surface area contributed by atoms with Crippen LogP contribution in [0.1, 0.15) is 23.7 Å². The molecule has 1 rings (SSSR count). The van der Waals surface area contributed by atoms with Crippen LogP contribution in [0.3, 0.4) is 0 Å². The Hall–Kier alpha value is -2.05. The molecule has 0 aromatic heterocycles. The Kier molecular flexibility index (Phi) is 4.08. The first-order chi connectivity index (χ1) is 7.97. The van der Waals surface area contributed by atoms with E-state index < -0.39 is 33.8 Å². The van der Waals surface area contributed by atoms with Crippen LogP contribution in [0.15, 0.2) is 12.1 Å². The highest BCUT2D eigenvalue weighted by Gasteiger charge is 2.24. The number of carbonyl (C=O) groups excluding carboxylic acids is 1. The number of halogens is 2. The second-order valence-corrected chi connectivity index (χ2v) is 3.18. The number of esters is 1. The summed E-state index contributed by atoms with van der Waals surface area (Å²) in [5.41, 5.74) is -1.86. The van der Waals surface area contributed by atoms with E-state index in [1.165, 1.54) is 0 Å². The van der Waals surface area contributed by atoms with Crippen LogP contribution in [0, 0.1) is 21.7 Å². The molecule has 0 spiro atoms. The smallest absolute Gasteiger partial charge is 0.341 e. The van der Waals surface area contributed by atoms with E-state index in [9.17, 15) is 23.7 Å². The van der Waals surface area contributed by atoms with Gasteiger partial charge in [-0.15, -0.1) is 0 Å². The Labute approximate surface area is 95.2 Å². The first-order valence-electron chi connectivity index (χ1n) is 4.78. The summed E-state index contributed by atoms with van der Waals surface area (Å²) in [6, 6.07) is 0.978. The van der Waals surface area contributed by atoms with E-state index >= 15 is 0 Å². The molecule has 0 radical (unpaired) electrons. The van der Waals surface area contributed by atoms with E-state index in [1.807, 2.05) is 0 Å². The summed E-state index contributed by atoms with van der Waals surface area (Å²) in [7, 11) is 0.